The Labute approximate surface area is 142 Å². The molecule has 128 valence electrons. The van der Waals surface area contributed by atoms with Crippen LogP contribution in [-0.2, 0) is 19.0 Å². The molecule has 0 spiro atoms. The van der Waals surface area contributed by atoms with E-state index < -0.39 is 0 Å². The lowest BCUT2D eigenvalue weighted by Crippen LogP contribution is -2.12. The van der Waals surface area contributed by atoms with E-state index in [2.05, 4.69) is 33.4 Å². The van der Waals surface area contributed by atoms with E-state index >= 15 is 0 Å². The Morgan fingerprint density at radius 3 is 2.62 bits per heavy atom. The number of nitrogen functional groups attached to an aromatic ring is 1. The highest BCUT2D eigenvalue weighted by Gasteiger charge is 2.25. The van der Waals surface area contributed by atoms with Crippen LogP contribution in [-0.4, -0.2) is 19.6 Å². The molecule has 2 aromatic rings. The van der Waals surface area contributed by atoms with Crippen molar-refractivity contribution in [2.75, 3.05) is 5.73 Å². The van der Waals surface area contributed by atoms with Gasteiger partial charge in [0.15, 0.2) is 11.5 Å². The van der Waals surface area contributed by atoms with Crippen LogP contribution in [0.3, 0.4) is 0 Å². The van der Waals surface area contributed by atoms with Crippen molar-refractivity contribution in [3.05, 3.63) is 17.5 Å². The molecule has 8 nitrogen and oxygen atoms in total. The number of aryl methyl sites for hydroxylation is 2. The number of nitriles is 1. The summed E-state index contributed by atoms with van der Waals surface area (Å²) in [6, 6.07) is 2.10. The van der Waals surface area contributed by atoms with Crippen molar-refractivity contribution >= 4 is 17.3 Å². The Bertz CT molecular complexity index is 782. The first-order valence-corrected chi connectivity index (χ1v) is 8.00. The van der Waals surface area contributed by atoms with Crippen LogP contribution in [0.2, 0.25) is 0 Å². The molecule has 0 atom stereocenters. The molecule has 0 unspecified atom stereocenters. The van der Waals surface area contributed by atoms with Gasteiger partial charge in [0.25, 0.3) is 0 Å². The number of azo groups is 1. The Balaban J connectivity index is 2.46. The van der Waals surface area contributed by atoms with Crippen molar-refractivity contribution in [1.82, 2.24) is 19.6 Å². The molecule has 0 aliphatic rings. The van der Waals surface area contributed by atoms with Crippen LogP contribution >= 0.6 is 0 Å². The van der Waals surface area contributed by atoms with Crippen LogP contribution in [0.4, 0.5) is 17.3 Å². The molecular formula is C16H24N8. The molecule has 2 heterocycles. The lowest BCUT2D eigenvalue weighted by atomic mass is 9.91. The van der Waals surface area contributed by atoms with Crippen molar-refractivity contribution in [2.24, 2.45) is 17.3 Å². The molecule has 0 radical (unpaired) electrons. The summed E-state index contributed by atoms with van der Waals surface area (Å²) < 4.78 is 3.30. The van der Waals surface area contributed by atoms with E-state index in [4.69, 9.17) is 5.73 Å². The van der Waals surface area contributed by atoms with E-state index in [0.29, 0.717) is 29.4 Å². The number of nitrogens with two attached hydrogens (primary N) is 1. The first-order chi connectivity index (χ1) is 11.3. The maximum absolute atomic E-state index is 9.25. The van der Waals surface area contributed by atoms with Crippen molar-refractivity contribution in [1.29, 1.82) is 5.26 Å². The molecule has 2 rings (SSSR count). The van der Waals surface area contributed by atoms with Crippen molar-refractivity contribution in [2.45, 2.75) is 52.5 Å². The first kappa shape index (κ1) is 17.7. The first-order valence-electron chi connectivity index (χ1n) is 8.00. The smallest absolute Gasteiger partial charge is 0.191 e. The summed E-state index contributed by atoms with van der Waals surface area (Å²) in [5.74, 6) is 0.899. The number of unbranched alkanes of at least 4 members (excludes halogenated alkanes) is 1. The van der Waals surface area contributed by atoms with E-state index in [0.717, 1.165) is 18.5 Å². The predicted molar refractivity (Wildman–Crippen MR) is 92.3 cm³/mol. The topological polar surface area (TPSA) is 110 Å². The van der Waals surface area contributed by atoms with Crippen LogP contribution in [0.5, 0.6) is 0 Å². The van der Waals surface area contributed by atoms with E-state index in [1.165, 1.54) is 6.20 Å². The highest BCUT2D eigenvalue weighted by molar-refractivity contribution is 5.63. The Morgan fingerprint density at radius 2 is 2.04 bits per heavy atom. The summed E-state index contributed by atoms with van der Waals surface area (Å²) in [4.78, 5) is 0. The summed E-state index contributed by atoms with van der Waals surface area (Å²) in [7, 11) is 1.77. The molecular weight excluding hydrogens is 304 g/mol. The molecule has 8 heteroatoms. The SMILES string of the molecule is CCCCn1ncc(C#N)c1N=Nc1c(C(C)(C)C)nn(C)c1N. The third-order valence-electron chi connectivity index (χ3n) is 3.68. The zero-order valence-corrected chi connectivity index (χ0v) is 14.9. The number of hydrogen-bond donors (Lipinski definition) is 1. The summed E-state index contributed by atoms with van der Waals surface area (Å²) >= 11 is 0. The molecule has 0 bridgehead atoms. The average Bonchev–Trinajstić information content (AvgIpc) is 3.04. The van der Waals surface area contributed by atoms with Crippen LogP contribution in [0, 0.1) is 11.3 Å². The van der Waals surface area contributed by atoms with Gasteiger partial charge in [-0.1, -0.05) is 34.1 Å². The summed E-state index contributed by atoms with van der Waals surface area (Å²) in [5, 5.41) is 26.5. The largest absolute Gasteiger partial charge is 0.382 e. The fourth-order valence-corrected chi connectivity index (χ4v) is 2.26. The zero-order chi connectivity index (χ0) is 17.9. The number of nitrogens with zero attached hydrogens (tertiary/aromatic N) is 7. The highest BCUT2D eigenvalue weighted by Crippen LogP contribution is 2.36. The van der Waals surface area contributed by atoms with Crippen molar-refractivity contribution in [3.8, 4) is 6.07 Å². The fraction of sp³-hybridized carbons (Fsp3) is 0.562. The van der Waals surface area contributed by atoms with Crippen LogP contribution in [0.25, 0.3) is 0 Å². The number of anilines is 1. The van der Waals surface area contributed by atoms with Gasteiger partial charge >= 0.3 is 0 Å². The maximum Gasteiger partial charge on any atom is 0.191 e. The number of aromatic nitrogens is 4. The minimum atomic E-state index is -0.218. The Morgan fingerprint density at radius 1 is 1.33 bits per heavy atom. The monoisotopic (exact) mass is 328 g/mol. The van der Waals surface area contributed by atoms with Gasteiger partial charge in [-0.2, -0.15) is 15.5 Å². The molecule has 2 aromatic heterocycles. The van der Waals surface area contributed by atoms with Crippen LogP contribution in [0.15, 0.2) is 16.4 Å². The van der Waals surface area contributed by atoms with Gasteiger partial charge in [-0.3, -0.25) is 4.68 Å². The van der Waals surface area contributed by atoms with Gasteiger partial charge in [0.2, 0.25) is 0 Å². The number of rotatable bonds is 5. The van der Waals surface area contributed by atoms with Gasteiger partial charge in [0.05, 0.1) is 11.9 Å². The summed E-state index contributed by atoms with van der Waals surface area (Å²) in [5.41, 5.74) is 7.57. The second kappa shape index (κ2) is 6.83. The van der Waals surface area contributed by atoms with Crippen molar-refractivity contribution < 1.29 is 0 Å². The molecule has 0 saturated heterocycles. The van der Waals surface area contributed by atoms with Gasteiger partial charge in [-0.05, 0) is 6.42 Å². The standard InChI is InChI=1S/C16H24N8/c1-6-7-8-24-15(11(9-17)10-19-24)21-20-12-13(16(2,3)4)22-23(5)14(12)18/h10H,6-8,18H2,1-5H3. The average molecular weight is 328 g/mol. The van der Waals surface area contributed by atoms with Crippen LogP contribution < -0.4 is 5.73 Å². The predicted octanol–water partition coefficient (Wildman–Crippen LogP) is 3.58. The second-order valence-corrected chi connectivity index (χ2v) is 6.73. The Kier molecular flexibility index (Phi) is 5.02. The maximum atomic E-state index is 9.25. The number of hydrogen-bond acceptors (Lipinski definition) is 6. The zero-order valence-electron chi connectivity index (χ0n) is 14.9. The van der Waals surface area contributed by atoms with Gasteiger partial charge in [-0.15, -0.1) is 10.2 Å². The molecule has 2 N–H and O–H groups in total. The Hall–Kier alpha value is -2.69. The molecule has 0 aliphatic carbocycles. The van der Waals surface area contributed by atoms with Gasteiger partial charge in [0.1, 0.15) is 17.5 Å². The van der Waals surface area contributed by atoms with Crippen molar-refractivity contribution in [3.63, 3.8) is 0 Å². The van der Waals surface area contributed by atoms with E-state index in [1.54, 1.807) is 16.4 Å². The van der Waals surface area contributed by atoms with E-state index in [9.17, 15) is 5.26 Å². The van der Waals surface area contributed by atoms with E-state index in [1.807, 2.05) is 20.8 Å². The van der Waals surface area contributed by atoms with Crippen LogP contribution in [0.1, 0.15) is 51.8 Å². The lowest BCUT2D eigenvalue weighted by Gasteiger charge is -2.15. The minimum absolute atomic E-state index is 0.218. The lowest BCUT2D eigenvalue weighted by molar-refractivity contribution is 0.553. The summed E-state index contributed by atoms with van der Waals surface area (Å²) in [6.07, 6.45) is 3.50. The second-order valence-electron chi connectivity index (χ2n) is 6.73. The highest BCUT2D eigenvalue weighted by atomic mass is 15.4. The van der Waals surface area contributed by atoms with E-state index in [-0.39, 0.29) is 5.41 Å². The fourth-order valence-electron chi connectivity index (χ4n) is 2.26. The van der Waals surface area contributed by atoms with Gasteiger partial charge < -0.3 is 5.73 Å². The quantitative estimate of drug-likeness (QED) is 0.845. The molecule has 0 saturated carbocycles. The summed E-state index contributed by atoms with van der Waals surface area (Å²) in [6.45, 7) is 8.92. The minimum Gasteiger partial charge on any atom is -0.382 e. The normalized spacial score (nSPS) is 12.0. The molecule has 0 amide bonds. The van der Waals surface area contributed by atoms with Gasteiger partial charge in [0, 0.05) is 19.0 Å². The molecule has 0 fully saturated rings. The third-order valence-corrected chi connectivity index (χ3v) is 3.68. The molecule has 24 heavy (non-hydrogen) atoms. The molecule has 0 aromatic carbocycles. The van der Waals surface area contributed by atoms with Gasteiger partial charge in [-0.25, -0.2) is 4.68 Å². The molecule has 0 aliphatic heterocycles. The third kappa shape index (κ3) is 3.45.